The lowest BCUT2D eigenvalue weighted by Gasteiger charge is -2.07. The number of carbonyl (C=O) groups is 1. The van der Waals surface area contributed by atoms with Crippen molar-refractivity contribution >= 4 is 39.1 Å². The van der Waals surface area contributed by atoms with E-state index in [4.69, 9.17) is 17.3 Å². The van der Waals surface area contributed by atoms with E-state index in [9.17, 15) is 4.79 Å². The standard InChI is InChI=1S/C14H12BrClN2O/c15-10-4-5-12(13(16)7-10)14(19)18-8-9-2-1-3-11(17)6-9/h1-7H,8,17H2,(H,18,19). The van der Waals surface area contributed by atoms with Crippen molar-refractivity contribution in [3.8, 4) is 0 Å². The topological polar surface area (TPSA) is 55.1 Å². The zero-order chi connectivity index (χ0) is 13.8. The van der Waals surface area contributed by atoms with Gasteiger partial charge >= 0.3 is 0 Å². The first-order valence-electron chi connectivity index (χ1n) is 5.64. The van der Waals surface area contributed by atoms with Crippen LogP contribution in [0.25, 0.3) is 0 Å². The number of nitrogens with two attached hydrogens (primary N) is 1. The smallest absolute Gasteiger partial charge is 0.253 e. The zero-order valence-electron chi connectivity index (χ0n) is 9.99. The Morgan fingerprint density at radius 3 is 2.74 bits per heavy atom. The molecule has 98 valence electrons. The van der Waals surface area contributed by atoms with E-state index in [0.29, 0.717) is 22.8 Å². The summed E-state index contributed by atoms with van der Waals surface area (Å²) in [7, 11) is 0. The Morgan fingerprint density at radius 2 is 2.05 bits per heavy atom. The zero-order valence-corrected chi connectivity index (χ0v) is 12.3. The van der Waals surface area contributed by atoms with Crippen LogP contribution in [-0.4, -0.2) is 5.91 Å². The van der Waals surface area contributed by atoms with E-state index in [1.807, 2.05) is 18.2 Å². The monoisotopic (exact) mass is 338 g/mol. The van der Waals surface area contributed by atoms with E-state index in [2.05, 4.69) is 21.2 Å². The fourth-order valence-corrected chi connectivity index (χ4v) is 2.41. The summed E-state index contributed by atoms with van der Waals surface area (Å²) in [5.74, 6) is -0.208. The molecular weight excluding hydrogens is 328 g/mol. The minimum Gasteiger partial charge on any atom is -0.399 e. The van der Waals surface area contributed by atoms with Crippen molar-refractivity contribution in [3.05, 3.63) is 63.1 Å². The van der Waals surface area contributed by atoms with Crippen LogP contribution in [0.15, 0.2) is 46.9 Å². The van der Waals surface area contributed by atoms with Crippen molar-refractivity contribution in [2.45, 2.75) is 6.54 Å². The molecule has 0 atom stereocenters. The van der Waals surface area contributed by atoms with Crippen molar-refractivity contribution < 1.29 is 4.79 Å². The third-order valence-electron chi connectivity index (χ3n) is 2.58. The number of hydrogen-bond acceptors (Lipinski definition) is 2. The molecule has 0 aliphatic carbocycles. The van der Waals surface area contributed by atoms with Gasteiger partial charge in [0.05, 0.1) is 10.6 Å². The van der Waals surface area contributed by atoms with Crippen molar-refractivity contribution in [2.24, 2.45) is 0 Å². The molecule has 0 aliphatic heterocycles. The molecule has 1 amide bonds. The van der Waals surface area contributed by atoms with Gasteiger partial charge in [-0.1, -0.05) is 39.7 Å². The number of nitrogen functional groups attached to an aromatic ring is 1. The van der Waals surface area contributed by atoms with Crippen LogP contribution in [0.2, 0.25) is 5.02 Å². The molecule has 3 nitrogen and oxygen atoms in total. The molecule has 0 saturated carbocycles. The molecule has 19 heavy (non-hydrogen) atoms. The van der Waals surface area contributed by atoms with Gasteiger partial charge in [0.15, 0.2) is 0 Å². The number of hydrogen-bond donors (Lipinski definition) is 2. The Hall–Kier alpha value is -1.52. The second kappa shape index (κ2) is 6.08. The van der Waals surface area contributed by atoms with Gasteiger partial charge in [0.25, 0.3) is 5.91 Å². The largest absolute Gasteiger partial charge is 0.399 e. The quantitative estimate of drug-likeness (QED) is 0.839. The highest BCUT2D eigenvalue weighted by molar-refractivity contribution is 9.10. The van der Waals surface area contributed by atoms with E-state index >= 15 is 0 Å². The van der Waals surface area contributed by atoms with Gasteiger partial charge in [0.2, 0.25) is 0 Å². The Morgan fingerprint density at radius 1 is 1.26 bits per heavy atom. The fourth-order valence-electron chi connectivity index (χ4n) is 1.65. The number of anilines is 1. The third-order valence-corrected chi connectivity index (χ3v) is 3.39. The van der Waals surface area contributed by atoms with Crippen molar-refractivity contribution in [2.75, 3.05) is 5.73 Å². The normalized spacial score (nSPS) is 10.2. The van der Waals surface area contributed by atoms with Gasteiger partial charge in [-0.2, -0.15) is 0 Å². The highest BCUT2D eigenvalue weighted by Crippen LogP contribution is 2.21. The Bertz CT molecular complexity index is 616. The van der Waals surface area contributed by atoms with E-state index in [1.54, 1.807) is 24.3 Å². The van der Waals surface area contributed by atoms with Crippen LogP contribution >= 0.6 is 27.5 Å². The molecule has 5 heteroatoms. The first kappa shape index (κ1) is 13.9. The van der Waals surface area contributed by atoms with E-state index in [-0.39, 0.29) is 5.91 Å². The number of halogens is 2. The molecule has 0 saturated heterocycles. The molecule has 0 heterocycles. The van der Waals surface area contributed by atoms with Gasteiger partial charge in [0, 0.05) is 16.7 Å². The lowest BCUT2D eigenvalue weighted by Crippen LogP contribution is -2.23. The van der Waals surface area contributed by atoms with Crippen LogP contribution in [0.4, 0.5) is 5.69 Å². The summed E-state index contributed by atoms with van der Waals surface area (Å²) in [4.78, 5) is 12.0. The molecule has 0 fully saturated rings. The second-order valence-electron chi connectivity index (χ2n) is 4.05. The van der Waals surface area contributed by atoms with Crippen LogP contribution < -0.4 is 11.1 Å². The summed E-state index contributed by atoms with van der Waals surface area (Å²) in [5.41, 5.74) is 7.75. The third kappa shape index (κ3) is 3.72. The predicted octanol–water partition coefficient (Wildman–Crippen LogP) is 3.61. The number of rotatable bonds is 3. The van der Waals surface area contributed by atoms with Gasteiger partial charge in [-0.05, 0) is 35.9 Å². The van der Waals surface area contributed by atoms with Gasteiger partial charge in [-0.25, -0.2) is 0 Å². The van der Waals surface area contributed by atoms with Gasteiger partial charge in [-0.3, -0.25) is 4.79 Å². The van der Waals surface area contributed by atoms with Crippen LogP contribution in [-0.2, 0) is 6.54 Å². The van der Waals surface area contributed by atoms with Gasteiger partial charge in [0.1, 0.15) is 0 Å². The second-order valence-corrected chi connectivity index (χ2v) is 5.37. The Balaban J connectivity index is 2.05. The number of carbonyl (C=O) groups excluding carboxylic acids is 1. The predicted molar refractivity (Wildman–Crippen MR) is 81.2 cm³/mol. The van der Waals surface area contributed by atoms with Crippen molar-refractivity contribution in [1.82, 2.24) is 5.32 Å². The molecule has 2 aromatic rings. The molecule has 3 N–H and O–H groups in total. The maximum Gasteiger partial charge on any atom is 0.253 e. The van der Waals surface area contributed by atoms with E-state index < -0.39 is 0 Å². The molecule has 0 bridgehead atoms. The van der Waals surface area contributed by atoms with Crippen LogP contribution in [0.1, 0.15) is 15.9 Å². The molecule has 0 unspecified atom stereocenters. The lowest BCUT2D eigenvalue weighted by atomic mass is 10.2. The highest BCUT2D eigenvalue weighted by Gasteiger charge is 2.10. The minimum absolute atomic E-state index is 0.208. The highest BCUT2D eigenvalue weighted by atomic mass is 79.9. The molecule has 0 spiro atoms. The maximum atomic E-state index is 12.0. The molecule has 0 aromatic heterocycles. The summed E-state index contributed by atoms with van der Waals surface area (Å²) >= 11 is 9.32. The maximum absolute atomic E-state index is 12.0. The average molecular weight is 340 g/mol. The summed E-state index contributed by atoms with van der Waals surface area (Å²) < 4.78 is 0.838. The van der Waals surface area contributed by atoms with Crippen LogP contribution in [0.3, 0.4) is 0 Å². The first-order chi connectivity index (χ1) is 9.06. The lowest BCUT2D eigenvalue weighted by molar-refractivity contribution is 0.0951. The van der Waals surface area contributed by atoms with Gasteiger partial charge in [-0.15, -0.1) is 0 Å². The molecule has 0 aliphatic rings. The van der Waals surface area contributed by atoms with Crippen molar-refractivity contribution in [1.29, 1.82) is 0 Å². The molecule has 2 rings (SSSR count). The molecular formula is C14H12BrClN2O. The molecule has 0 radical (unpaired) electrons. The minimum atomic E-state index is -0.208. The summed E-state index contributed by atoms with van der Waals surface area (Å²) in [6, 6.07) is 12.5. The SMILES string of the molecule is Nc1cccc(CNC(=O)c2ccc(Br)cc2Cl)c1. The number of benzene rings is 2. The number of nitrogens with one attached hydrogen (secondary N) is 1. The number of amides is 1. The summed E-state index contributed by atoms with van der Waals surface area (Å²) in [6.07, 6.45) is 0. The van der Waals surface area contributed by atoms with E-state index in [0.717, 1.165) is 10.0 Å². The summed E-state index contributed by atoms with van der Waals surface area (Å²) in [6.45, 7) is 0.413. The Labute approximate surface area is 124 Å². The van der Waals surface area contributed by atoms with E-state index in [1.165, 1.54) is 0 Å². The summed E-state index contributed by atoms with van der Waals surface area (Å²) in [5, 5.41) is 3.22. The first-order valence-corrected chi connectivity index (χ1v) is 6.81. The molecule has 2 aromatic carbocycles. The Kier molecular flexibility index (Phi) is 4.45. The van der Waals surface area contributed by atoms with Crippen LogP contribution in [0, 0.1) is 0 Å². The average Bonchev–Trinajstić information content (AvgIpc) is 2.36. The van der Waals surface area contributed by atoms with Crippen molar-refractivity contribution in [3.63, 3.8) is 0 Å². The fraction of sp³-hybridized carbons (Fsp3) is 0.0714. The van der Waals surface area contributed by atoms with Gasteiger partial charge < -0.3 is 11.1 Å². The van der Waals surface area contributed by atoms with Crippen LogP contribution in [0.5, 0.6) is 0 Å².